The highest BCUT2D eigenvalue weighted by Gasteiger charge is 2.28. The predicted octanol–water partition coefficient (Wildman–Crippen LogP) is 4.14. The van der Waals surface area contributed by atoms with Crippen LogP contribution in [0.1, 0.15) is 45.1 Å². The van der Waals surface area contributed by atoms with Crippen LogP contribution in [0.4, 0.5) is 0 Å². The smallest absolute Gasteiger partial charge is 0.0406 e. The highest BCUT2D eigenvalue weighted by atomic mass is 35.5. The summed E-state index contributed by atoms with van der Waals surface area (Å²) >= 11 is 5.93. The van der Waals surface area contributed by atoms with E-state index in [0.717, 1.165) is 24.4 Å². The Morgan fingerprint density at radius 1 is 1.06 bits per heavy atom. The molecule has 0 aliphatic carbocycles. The number of halogens is 1. The summed E-state index contributed by atoms with van der Waals surface area (Å²) in [6, 6.07) is 8.18. The van der Waals surface area contributed by atoms with Gasteiger partial charge in [-0.3, -0.25) is 0 Å². The van der Waals surface area contributed by atoms with Crippen molar-refractivity contribution in [2.45, 2.75) is 44.9 Å². The first kappa shape index (κ1) is 13.5. The van der Waals surface area contributed by atoms with E-state index in [1.54, 1.807) is 0 Å². The molecule has 16 heavy (non-hydrogen) atoms. The maximum atomic E-state index is 6.02. The van der Waals surface area contributed by atoms with Gasteiger partial charge in [-0.05, 0) is 30.5 Å². The van der Waals surface area contributed by atoms with E-state index in [1.807, 2.05) is 12.1 Å². The molecule has 0 spiro atoms. The number of benzene rings is 1. The molecule has 0 radical (unpaired) electrons. The van der Waals surface area contributed by atoms with Crippen LogP contribution < -0.4 is 5.73 Å². The Kier molecular flexibility index (Phi) is 5.30. The Labute approximate surface area is 104 Å². The standard InChI is InChI=1S/C14H22ClN/c1-3-9-14(11-16,10-4-2)12-5-7-13(15)8-6-12/h5-8H,3-4,9-11,16H2,1-2H3. The molecule has 0 unspecified atom stereocenters. The van der Waals surface area contributed by atoms with Gasteiger partial charge in [-0.2, -0.15) is 0 Å². The molecular formula is C14H22ClN. The largest absolute Gasteiger partial charge is 0.330 e. The van der Waals surface area contributed by atoms with Crippen molar-refractivity contribution >= 4 is 11.6 Å². The molecule has 0 amide bonds. The second-order valence-electron chi connectivity index (χ2n) is 4.49. The number of hydrogen-bond acceptors (Lipinski definition) is 1. The minimum Gasteiger partial charge on any atom is -0.330 e. The highest BCUT2D eigenvalue weighted by molar-refractivity contribution is 6.30. The molecule has 0 atom stereocenters. The molecule has 2 N–H and O–H groups in total. The first-order chi connectivity index (χ1) is 7.68. The summed E-state index contributed by atoms with van der Waals surface area (Å²) in [5.41, 5.74) is 7.50. The molecule has 90 valence electrons. The molecule has 1 aromatic carbocycles. The minimum absolute atomic E-state index is 0.147. The van der Waals surface area contributed by atoms with E-state index in [9.17, 15) is 0 Å². The molecule has 0 saturated carbocycles. The van der Waals surface area contributed by atoms with Gasteiger partial charge in [0.25, 0.3) is 0 Å². The summed E-state index contributed by atoms with van der Waals surface area (Å²) in [6.07, 6.45) is 4.64. The zero-order chi connectivity index (χ0) is 12.0. The zero-order valence-corrected chi connectivity index (χ0v) is 11.1. The van der Waals surface area contributed by atoms with E-state index >= 15 is 0 Å². The van der Waals surface area contributed by atoms with Crippen molar-refractivity contribution in [3.8, 4) is 0 Å². The first-order valence-electron chi connectivity index (χ1n) is 6.14. The molecule has 0 fully saturated rings. The topological polar surface area (TPSA) is 26.0 Å². The Morgan fingerprint density at radius 2 is 1.56 bits per heavy atom. The molecule has 0 aliphatic heterocycles. The van der Waals surface area contributed by atoms with Crippen LogP contribution in [0.5, 0.6) is 0 Å². The van der Waals surface area contributed by atoms with Gasteiger partial charge in [0, 0.05) is 17.0 Å². The average molecular weight is 240 g/mol. The lowest BCUT2D eigenvalue weighted by Gasteiger charge is -2.33. The minimum atomic E-state index is 0.147. The van der Waals surface area contributed by atoms with Crippen LogP contribution >= 0.6 is 11.6 Å². The van der Waals surface area contributed by atoms with Crippen LogP contribution in [0.3, 0.4) is 0 Å². The maximum absolute atomic E-state index is 6.02. The Bertz CT molecular complexity index is 299. The predicted molar refractivity (Wildman–Crippen MR) is 72.0 cm³/mol. The third-order valence-electron chi connectivity index (χ3n) is 3.30. The van der Waals surface area contributed by atoms with Crippen molar-refractivity contribution in [2.24, 2.45) is 5.73 Å². The van der Waals surface area contributed by atoms with Gasteiger partial charge in [-0.1, -0.05) is 50.4 Å². The van der Waals surface area contributed by atoms with Crippen LogP contribution in [0.25, 0.3) is 0 Å². The number of rotatable bonds is 6. The fourth-order valence-electron chi connectivity index (χ4n) is 2.50. The van der Waals surface area contributed by atoms with E-state index in [0.29, 0.717) is 0 Å². The monoisotopic (exact) mass is 239 g/mol. The molecule has 1 nitrogen and oxygen atoms in total. The molecule has 0 heterocycles. The van der Waals surface area contributed by atoms with Gasteiger partial charge in [-0.15, -0.1) is 0 Å². The third kappa shape index (κ3) is 2.99. The van der Waals surface area contributed by atoms with E-state index in [-0.39, 0.29) is 5.41 Å². The Morgan fingerprint density at radius 3 is 1.94 bits per heavy atom. The Balaban J connectivity index is 3.02. The molecule has 0 saturated heterocycles. The molecule has 1 rings (SSSR count). The lowest BCUT2D eigenvalue weighted by molar-refractivity contribution is 0.365. The fraction of sp³-hybridized carbons (Fsp3) is 0.571. The molecule has 1 aromatic rings. The average Bonchev–Trinajstić information content (AvgIpc) is 2.29. The van der Waals surface area contributed by atoms with Crippen LogP contribution in [0.2, 0.25) is 5.02 Å². The van der Waals surface area contributed by atoms with Gasteiger partial charge in [0.05, 0.1) is 0 Å². The van der Waals surface area contributed by atoms with Gasteiger partial charge in [-0.25, -0.2) is 0 Å². The summed E-state index contributed by atoms with van der Waals surface area (Å²) in [7, 11) is 0. The molecule has 0 aliphatic rings. The lowest BCUT2D eigenvalue weighted by atomic mass is 9.73. The SMILES string of the molecule is CCCC(CN)(CCC)c1ccc(Cl)cc1. The van der Waals surface area contributed by atoms with E-state index in [2.05, 4.69) is 26.0 Å². The van der Waals surface area contributed by atoms with Crippen molar-refractivity contribution in [3.63, 3.8) is 0 Å². The van der Waals surface area contributed by atoms with Crippen molar-refractivity contribution in [1.82, 2.24) is 0 Å². The molecular weight excluding hydrogens is 218 g/mol. The highest BCUT2D eigenvalue weighted by Crippen LogP contribution is 2.33. The zero-order valence-electron chi connectivity index (χ0n) is 10.3. The summed E-state index contributed by atoms with van der Waals surface area (Å²) < 4.78 is 0. The third-order valence-corrected chi connectivity index (χ3v) is 3.56. The lowest BCUT2D eigenvalue weighted by Crippen LogP contribution is -2.35. The van der Waals surface area contributed by atoms with Gasteiger partial charge in [0.2, 0.25) is 0 Å². The number of nitrogens with two attached hydrogens (primary N) is 1. The normalized spacial score (nSPS) is 11.8. The molecule has 0 bridgehead atoms. The Hall–Kier alpha value is -0.530. The van der Waals surface area contributed by atoms with Crippen LogP contribution in [-0.2, 0) is 5.41 Å². The number of hydrogen-bond donors (Lipinski definition) is 1. The summed E-state index contributed by atoms with van der Waals surface area (Å²) in [5.74, 6) is 0. The van der Waals surface area contributed by atoms with Crippen molar-refractivity contribution in [1.29, 1.82) is 0 Å². The molecule has 0 aromatic heterocycles. The van der Waals surface area contributed by atoms with Gasteiger partial charge >= 0.3 is 0 Å². The van der Waals surface area contributed by atoms with Crippen molar-refractivity contribution < 1.29 is 0 Å². The van der Waals surface area contributed by atoms with E-state index in [1.165, 1.54) is 18.4 Å². The van der Waals surface area contributed by atoms with Crippen LogP contribution in [-0.4, -0.2) is 6.54 Å². The van der Waals surface area contributed by atoms with Crippen LogP contribution in [0, 0.1) is 0 Å². The van der Waals surface area contributed by atoms with E-state index in [4.69, 9.17) is 17.3 Å². The van der Waals surface area contributed by atoms with Crippen molar-refractivity contribution in [3.05, 3.63) is 34.9 Å². The first-order valence-corrected chi connectivity index (χ1v) is 6.52. The van der Waals surface area contributed by atoms with Crippen molar-refractivity contribution in [2.75, 3.05) is 6.54 Å². The van der Waals surface area contributed by atoms with E-state index < -0.39 is 0 Å². The molecule has 2 heteroatoms. The quantitative estimate of drug-likeness (QED) is 0.794. The second kappa shape index (κ2) is 6.27. The maximum Gasteiger partial charge on any atom is 0.0406 e. The fourth-order valence-corrected chi connectivity index (χ4v) is 2.62. The summed E-state index contributed by atoms with van der Waals surface area (Å²) in [6.45, 7) is 5.16. The summed E-state index contributed by atoms with van der Waals surface area (Å²) in [4.78, 5) is 0. The van der Waals surface area contributed by atoms with Gasteiger partial charge in [0.1, 0.15) is 0 Å². The van der Waals surface area contributed by atoms with Gasteiger partial charge in [0.15, 0.2) is 0 Å². The van der Waals surface area contributed by atoms with Gasteiger partial charge < -0.3 is 5.73 Å². The summed E-state index contributed by atoms with van der Waals surface area (Å²) in [5, 5.41) is 0.794. The second-order valence-corrected chi connectivity index (χ2v) is 4.93. The van der Waals surface area contributed by atoms with Crippen LogP contribution in [0.15, 0.2) is 24.3 Å².